The van der Waals surface area contributed by atoms with Crippen LogP contribution in [0.15, 0.2) is 42.5 Å². The van der Waals surface area contributed by atoms with Gasteiger partial charge < -0.3 is 10.2 Å². The average molecular weight is 365 g/mol. The van der Waals surface area contributed by atoms with E-state index in [1.165, 1.54) is 11.8 Å². The molecule has 0 aliphatic carbocycles. The number of benzene rings is 2. The molecule has 2 aromatic carbocycles. The predicted molar refractivity (Wildman–Crippen MR) is 98.9 cm³/mol. The first-order valence-electron chi connectivity index (χ1n) is 7.53. The van der Waals surface area contributed by atoms with Gasteiger partial charge in [-0.3, -0.25) is 9.59 Å². The minimum absolute atomic E-state index is 0.106. The second kappa shape index (κ2) is 8.18. The Morgan fingerprint density at radius 1 is 1.08 bits per heavy atom. The van der Waals surface area contributed by atoms with Crippen LogP contribution in [0.25, 0.3) is 0 Å². The van der Waals surface area contributed by atoms with Crippen LogP contribution in [0.1, 0.15) is 19.4 Å². The first-order valence-corrected chi connectivity index (χ1v) is 8.29. The van der Waals surface area contributed by atoms with Crippen molar-refractivity contribution in [2.45, 2.75) is 20.3 Å². The summed E-state index contributed by atoms with van der Waals surface area (Å²) in [4.78, 5) is 25.6. The van der Waals surface area contributed by atoms with E-state index >= 15 is 0 Å². The first-order chi connectivity index (χ1) is 11.4. The molecule has 0 spiro atoms. The lowest BCUT2D eigenvalue weighted by Crippen LogP contribution is -2.36. The number of carbonyl (C=O) groups excluding carboxylic acids is 2. The average Bonchev–Trinajstić information content (AvgIpc) is 2.55. The summed E-state index contributed by atoms with van der Waals surface area (Å²) in [7, 11) is 0. The van der Waals surface area contributed by atoms with Crippen LogP contribution >= 0.6 is 23.2 Å². The monoisotopic (exact) mass is 364 g/mol. The Kier molecular flexibility index (Phi) is 6.23. The van der Waals surface area contributed by atoms with E-state index in [1.54, 1.807) is 18.2 Å². The van der Waals surface area contributed by atoms with Crippen LogP contribution in [0.5, 0.6) is 0 Å². The van der Waals surface area contributed by atoms with Gasteiger partial charge in [-0.15, -0.1) is 0 Å². The number of nitrogens with one attached hydrogen (secondary N) is 1. The molecule has 126 valence electrons. The van der Waals surface area contributed by atoms with E-state index in [4.69, 9.17) is 23.2 Å². The highest BCUT2D eigenvalue weighted by molar-refractivity contribution is 6.42. The number of anilines is 2. The summed E-state index contributed by atoms with van der Waals surface area (Å²) >= 11 is 11.9. The first kappa shape index (κ1) is 18.3. The van der Waals surface area contributed by atoms with Gasteiger partial charge in [-0.25, -0.2) is 0 Å². The van der Waals surface area contributed by atoms with Gasteiger partial charge in [0.15, 0.2) is 0 Å². The third-order valence-electron chi connectivity index (χ3n) is 3.57. The summed E-state index contributed by atoms with van der Waals surface area (Å²) in [5, 5.41) is 3.58. The van der Waals surface area contributed by atoms with E-state index < -0.39 is 0 Å². The molecule has 0 radical (unpaired) electrons. The van der Waals surface area contributed by atoms with Crippen molar-refractivity contribution >= 4 is 46.4 Å². The molecule has 0 atom stereocenters. The molecule has 2 rings (SSSR count). The van der Waals surface area contributed by atoms with Crippen LogP contribution in [0.2, 0.25) is 10.0 Å². The van der Waals surface area contributed by atoms with E-state index in [9.17, 15) is 9.59 Å². The highest BCUT2D eigenvalue weighted by atomic mass is 35.5. The van der Waals surface area contributed by atoms with Crippen molar-refractivity contribution < 1.29 is 9.59 Å². The topological polar surface area (TPSA) is 49.4 Å². The van der Waals surface area contributed by atoms with Gasteiger partial charge in [0.1, 0.15) is 6.54 Å². The maximum Gasteiger partial charge on any atom is 0.244 e. The van der Waals surface area contributed by atoms with Crippen molar-refractivity contribution in [3.05, 3.63) is 58.1 Å². The molecule has 0 aliphatic rings. The van der Waals surface area contributed by atoms with Gasteiger partial charge in [-0.2, -0.15) is 0 Å². The Hall–Kier alpha value is -2.04. The van der Waals surface area contributed by atoms with E-state index in [0.717, 1.165) is 17.7 Å². The standard InChI is InChI=1S/C18H18Cl2N2O2/c1-3-13-6-4-5-7-17(13)21-18(24)11-22(12(2)23)14-8-9-15(19)16(20)10-14/h4-10H,3,11H2,1-2H3,(H,21,24). The second-order valence-corrected chi connectivity index (χ2v) is 6.08. The maximum atomic E-state index is 12.4. The Labute approximate surface area is 151 Å². The second-order valence-electron chi connectivity index (χ2n) is 5.26. The largest absolute Gasteiger partial charge is 0.324 e. The molecule has 0 aliphatic heterocycles. The summed E-state index contributed by atoms with van der Waals surface area (Å²) in [6, 6.07) is 12.4. The number of rotatable bonds is 5. The molecule has 6 heteroatoms. The number of hydrogen-bond donors (Lipinski definition) is 1. The Morgan fingerprint density at radius 3 is 2.42 bits per heavy atom. The van der Waals surface area contributed by atoms with Crippen molar-refractivity contribution in [2.24, 2.45) is 0 Å². The Bertz CT molecular complexity index is 762. The molecular weight excluding hydrogens is 347 g/mol. The SMILES string of the molecule is CCc1ccccc1NC(=O)CN(C(C)=O)c1ccc(Cl)c(Cl)c1. The zero-order valence-electron chi connectivity index (χ0n) is 13.5. The lowest BCUT2D eigenvalue weighted by atomic mass is 10.1. The van der Waals surface area contributed by atoms with Crippen LogP contribution in [0.3, 0.4) is 0 Å². The molecule has 0 aromatic heterocycles. The van der Waals surface area contributed by atoms with Gasteiger partial charge in [0.05, 0.1) is 10.0 Å². The number of aryl methyl sites for hydroxylation is 1. The number of carbonyl (C=O) groups is 2. The van der Waals surface area contributed by atoms with Crippen molar-refractivity contribution in [3.8, 4) is 0 Å². The molecular formula is C18H18Cl2N2O2. The fourth-order valence-electron chi connectivity index (χ4n) is 2.32. The molecule has 0 bridgehead atoms. The minimum atomic E-state index is -0.280. The Morgan fingerprint density at radius 2 is 1.79 bits per heavy atom. The van der Waals surface area contributed by atoms with Gasteiger partial charge in [0.25, 0.3) is 0 Å². The molecule has 0 saturated heterocycles. The summed E-state index contributed by atoms with van der Waals surface area (Å²) < 4.78 is 0. The van der Waals surface area contributed by atoms with Gasteiger partial charge in [-0.1, -0.05) is 48.3 Å². The minimum Gasteiger partial charge on any atom is -0.324 e. The molecule has 0 heterocycles. The fraction of sp³-hybridized carbons (Fsp3) is 0.222. The highest BCUT2D eigenvalue weighted by Crippen LogP contribution is 2.27. The third kappa shape index (κ3) is 4.49. The molecule has 1 N–H and O–H groups in total. The quantitative estimate of drug-likeness (QED) is 0.845. The van der Waals surface area contributed by atoms with Gasteiger partial charge >= 0.3 is 0 Å². The lowest BCUT2D eigenvalue weighted by molar-refractivity contribution is -0.120. The highest BCUT2D eigenvalue weighted by Gasteiger charge is 2.17. The molecule has 0 unspecified atom stereocenters. The van der Waals surface area contributed by atoms with E-state index in [-0.39, 0.29) is 18.4 Å². The molecule has 2 aromatic rings. The normalized spacial score (nSPS) is 10.3. The van der Waals surface area contributed by atoms with Crippen molar-refractivity contribution in [1.82, 2.24) is 0 Å². The number of nitrogens with zero attached hydrogens (tertiary/aromatic N) is 1. The molecule has 24 heavy (non-hydrogen) atoms. The van der Waals surface area contributed by atoms with Crippen molar-refractivity contribution in [1.29, 1.82) is 0 Å². The van der Waals surface area contributed by atoms with Crippen LogP contribution in [-0.2, 0) is 16.0 Å². The summed E-state index contributed by atoms with van der Waals surface area (Å²) in [5.41, 5.74) is 2.31. The number of halogens is 2. The van der Waals surface area contributed by atoms with Gasteiger partial charge in [-0.05, 0) is 36.2 Å². The summed E-state index contributed by atoms with van der Waals surface area (Å²) in [6.45, 7) is 3.31. The molecule has 0 saturated carbocycles. The third-order valence-corrected chi connectivity index (χ3v) is 4.31. The van der Waals surface area contributed by atoms with Crippen molar-refractivity contribution in [3.63, 3.8) is 0 Å². The molecule has 2 amide bonds. The van der Waals surface area contributed by atoms with Crippen LogP contribution in [0, 0.1) is 0 Å². The fourth-order valence-corrected chi connectivity index (χ4v) is 2.61. The van der Waals surface area contributed by atoms with E-state index in [2.05, 4.69) is 5.32 Å². The van der Waals surface area contributed by atoms with Gasteiger partial charge in [0.2, 0.25) is 11.8 Å². The van der Waals surface area contributed by atoms with Crippen molar-refractivity contribution in [2.75, 3.05) is 16.8 Å². The van der Waals surface area contributed by atoms with Crippen LogP contribution in [-0.4, -0.2) is 18.4 Å². The zero-order valence-corrected chi connectivity index (χ0v) is 15.0. The number of hydrogen-bond acceptors (Lipinski definition) is 2. The van der Waals surface area contributed by atoms with E-state index in [0.29, 0.717) is 15.7 Å². The molecule has 4 nitrogen and oxygen atoms in total. The van der Waals surface area contributed by atoms with Crippen LogP contribution < -0.4 is 10.2 Å². The lowest BCUT2D eigenvalue weighted by Gasteiger charge is -2.21. The summed E-state index contributed by atoms with van der Waals surface area (Å²) in [5.74, 6) is -0.538. The summed E-state index contributed by atoms with van der Waals surface area (Å²) in [6.07, 6.45) is 0.805. The number of para-hydroxylation sites is 1. The Balaban J connectivity index is 2.17. The number of amides is 2. The molecule has 0 fully saturated rings. The maximum absolute atomic E-state index is 12.4. The van der Waals surface area contributed by atoms with Crippen LogP contribution in [0.4, 0.5) is 11.4 Å². The smallest absolute Gasteiger partial charge is 0.244 e. The zero-order chi connectivity index (χ0) is 17.7. The van der Waals surface area contributed by atoms with Gasteiger partial charge in [0, 0.05) is 18.3 Å². The van der Waals surface area contributed by atoms with E-state index in [1.807, 2.05) is 31.2 Å². The predicted octanol–water partition coefficient (Wildman–Crippen LogP) is 4.55.